The number of methoxy groups -OCH3 is 1. The SMILES string of the molecule is COc1ccc(N2C(=O)C(C)(C)[C@@H]2[C@@H](C)COCc2ccccc2)cc1. The second-order valence-corrected chi connectivity index (χ2v) is 7.52. The molecule has 1 aliphatic rings. The van der Waals surface area contributed by atoms with E-state index in [1.165, 1.54) is 0 Å². The number of amides is 1. The van der Waals surface area contributed by atoms with E-state index in [2.05, 4.69) is 19.1 Å². The summed E-state index contributed by atoms with van der Waals surface area (Å²) in [4.78, 5) is 14.6. The smallest absolute Gasteiger partial charge is 0.235 e. The third kappa shape index (κ3) is 3.47. The standard InChI is InChI=1S/C22H27NO3/c1-16(14-26-15-17-8-6-5-7-9-17)20-22(2,3)21(24)23(20)18-10-12-19(25-4)13-11-18/h5-13,16,20H,14-15H2,1-4H3/t16-,20-/m0/s1. The lowest BCUT2D eigenvalue weighted by atomic mass is 9.68. The minimum atomic E-state index is -0.380. The third-order valence-corrected chi connectivity index (χ3v) is 5.17. The summed E-state index contributed by atoms with van der Waals surface area (Å²) in [7, 11) is 1.64. The van der Waals surface area contributed by atoms with Crippen molar-refractivity contribution in [3.8, 4) is 5.75 Å². The van der Waals surface area contributed by atoms with Crippen molar-refractivity contribution in [2.75, 3.05) is 18.6 Å². The molecule has 2 aromatic rings. The fourth-order valence-electron chi connectivity index (χ4n) is 3.83. The molecular formula is C22H27NO3. The van der Waals surface area contributed by atoms with E-state index in [4.69, 9.17) is 9.47 Å². The maximum atomic E-state index is 12.7. The molecule has 2 atom stereocenters. The molecule has 138 valence electrons. The average Bonchev–Trinajstić information content (AvgIpc) is 2.66. The molecule has 4 heteroatoms. The maximum Gasteiger partial charge on any atom is 0.235 e. The van der Waals surface area contributed by atoms with E-state index < -0.39 is 0 Å². The Morgan fingerprint density at radius 3 is 2.35 bits per heavy atom. The van der Waals surface area contributed by atoms with Gasteiger partial charge in [0.15, 0.2) is 0 Å². The summed E-state index contributed by atoms with van der Waals surface area (Å²) in [6.07, 6.45) is 0. The molecule has 1 saturated heterocycles. The zero-order valence-electron chi connectivity index (χ0n) is 15.9. The van der Waals surface area contributed by atoms with Crippen molar-refractivity contribution in [1.29, 1.82) is 0 Å². The Balaban J connectivity index is 1.67. The molecule has 1 fully saturated rings. The zero-order valence-corrected chi connectivity index (χ0v) is 15.9. The van der Waals surface area contributed by atoms with Crippen molar-refractivity contribution in [2.24, 2.45) is 11.3 Å². The highest BCUT2D eigenvalue weighted by atomic mass is 16.5. The molecule has 0 radical (unpaired) electrons. The van der Waals surface area contributed by atoms with Crippen LogP contribution in [0.15, 0.2) is 54.6 Å². The number of β-lactam (4-membered cyclic amide) rings is 1. The number of rotatable bonds is 7. The summed E-state index contributed by atoms with van der Waals surface area (Å²) < 4.78 is 11.1. The zero-order chi connectivity index (χ0) is 18.7. The lowest BCUT2D eigenvalue weighted by Crippen LogP contribution is -2.69. The van der Waals surface area contributed by atoms with Gasteiger partial charge in [0, 0.05) is 11.6 Å². The highest BCUT2D eigenvalue weighted by Crippen LogP contribution is 2.45. The molecule has 0 unspecified atom stereocenters. The van der Waals surface area contributed by atoms with E-state index in [1.807, 2.05) is 61.2 Å². The Morgan fingerprint density at radius 1 is 1.08 bits per heavy atom. The van der Waals surface area contributed by atoms with Gasteiger partial charge in [-0.3, -0.25) is 4.79 Å². The first kappa shape index (κ1) is 18.5. The second kappa shape index (κ2) is 7.50. The van der Waals surface area contributed by atoms with E-state index in [0.29, 0.717) is 13.2 Å². The van der Waals surface area contributed by atoms with Crippen molar-refractivity contribution in [3.63, 3.8) is 0 Å². The molecule has 1 aliphatic heterocycles. The number of carbonyl (C=O) groups is 1. The fraction of sp³-hybridized carbons (Fsp3) is 0.409. The fourth-order valence-corrected chi connectivity index (χ4v) is 3.83. The average molecular weight is 353 g/mol. The van der Waals surface area contributed by atoms with Gasteiger partial charge in [-0.05, 0) is 43.7 Å². The van der Waals surface area contributed by atoms with Crippen LogP contribution in [-0.2, 0) is 16.1 Å². The second-order valence-electron chi connectivity index (χ2n) is 7.52. The first-order valence-corrected chi connectivity index (χ1v) is 9.04. The quantitative estimate of drug-likeness (QED) is 0.697. The molecule has 3 rings (SSSR count). The Kier molecular flexibility index (Phi) is 5.33. The monoisotopic (exact) mass is 353 g/mol. The van der Waals surface area contributed by atoms with Crippen LogP contribution in [-0.4, -0.2) is 25.7 Å². The molecule has 4 nitrogen and oxygen atoms in total. The van der Waals surface area contributed by atoms with Gasteiger partial charge < -0.3 is 14.4 Å². The van der Waals surface area contributed by atoms with Gasteiger partial charge in [-0.2, -0.15) is 0 Å². The van der Waals surface area contributed by atoms with E-state index in [1.54, 1.807) is 7.11 Å². The van der Waals surface area contributed by atoms with Gasteiger partial charge in [-0.15, -0.1) is 0 Å². The Bertz CT molecular complexity index is 740. The summed E-state index contributed by atoms with van der Waals surface area (Å²) in [6.45, 7) is 7.40. The lowest BCUT2D eigenvalue weighted by molar-refractivity contribution is -0.139. The number of hydrogen-bond donors (Lipinski definition) is 0. The molecular weight excluding hydrogens is 326 g/mol. The summed E-state index contributed by atoms with van der Waals surface area (Å²) >= 11 is 0. The number of anilines is 1. The molecule has 0 bridgehead atoms. The van der Waals surface area contributed by atoms with Crippen molar-refractivity contribution in [1.82, 2.24) is 0 Å². The summed E-state index contributed by atoms with van der Waals surface area (Å²) in [5, 5.41) is 0. The van der Waals surface area contributed by atoms with Crippen LogP contribution in [0, 0.1) is 11.3 Å². The topological polar surface area (TPSA) is 38.8 Å². The van der Waals surface area contributed by atoms with Gasteiger partial charge in [0.2, 0.25) is 5.91 Å². The first-order valence-electron chi connectivity index (χ1n) is 9.04. The molecule has 2 aromatic carbocycles. The number of hydrogen-bond acceptors (Lipinski definition) is 3. The molecule has 26 heavy (non-hydrogen) atoms. The number of nitrogens with zero attached hydrogens (tertiary/aromatic N) is 1. The van der Waals surface area contributed by atoms with Crippen LogP contribution in [0.4, 0.5) is 5.69 Å². The molecule has 0 saturated carbocycles. The summed E-state index contributed by atoms with van der Waals surface area (Å²) in [5.74, 6) is 1.17. The van der Waals surface area contributed by atoms with Crippen LogP contribution in [0.25, 0.3) is 0 Å². The molecule has 0 N–H and O–H groups in total. The van der Waals surface area contributed by atoms with Gasteiger partial charge in [0.25, 0.3) is 0 Å². The van der Waals surface area contributed by atoms with E-state index >= 15 is 0 Å². The van der Waals surface area contributed by atoms with Crippen molar-refractivity contribution >= 4 is 11.6 Å². The minimum absolute atomic E-state index is 0.110. The van der Waals surface area contributed by atoms with Crippen molar-refractivity contribution in [2.45, 2.75) is 33.4 Å². The molecule has 0 spiro atoms. The normalized spacial score (nSPS) is 19.8. The van der Waals surface area contributed by atoms with E-state index in [0.717, 1.165) is 17.0 Å². The lowest BCUT2D eigenvalue weighted by Gasteiger charge is -2.55. The number of carbonyl (C=O) groups excluding carboxylic acids is 1. The van der Waals surface area contributed by atoms with E-state index in [-0.39, 0.29) is 23.3 Å². The Morgan fingerprint density at radius 2 is 1.73 bits per heavy atom. The first-order chi connectivity index (χ1) is 12.4. The van der Waals surface area contributed by atoms with Crippen LogP contribution < -0.4 is 9.64 Å². The van der Waals surface area contributed by atoms with Gasteiger partial charge in [0.05, 0.1) is 31.8 Å². The summed E-state index contributed by atoms with van der Waals surface area (Å²) in [6, 6.07) is 17.9. The number of ether oxygens (including phenoxy) is 2. The Labute approximate surface area is 155 Å². The largest absolute Gasteiger partial charge is 0.497 e. The number of benzene rings is 2. The Hall–Kier alpha value is -2.33. The maximum absolute atomic E-state index is 12.7. The highest BCUT2D eigenvalue weighted by Gasteiger charge is 2.56. The molecule has 1 heterocycles. The van der Waals surface area contributed by atoms with Crippen LogP contribution in [0.5, 0.6) is 5.75 Å². The van der Waals surface area contributed by atoms with Gasteiger partial charge in [-0.25, -0.2) is 0 Å². The predicted molar refractivity (Wildman–Crippen MR) is 103 cm³/mol. The predicted octanol–water partition coefficient (Wildman–Crippen LogP) is 4.29. The van der Waals surface area contributed by atoms with Crippen LogP contribution in [0.3, 0.4) is 0 Å². The summed E-state index contributed by atoms with van der Waals surface area (Å²) in [5.41, 5.74) is 1.70. The van der Waals surface area contributed by atoms with Gasteiger partial charge in [0.1, 0.15) is 5.75 Å². The van der Waals surface area contributed by atoms with Crippen molar-refractivity contribution in [3.05, 3.63) is 60.2 Å². The molecule has 0 aromatic heterocycles. The van der Waals surface area contributed by atoms with Crippen LogP contribution in [0.2, 0.25) is 0 Å². The van der Waals surface area contributed by atoms with Crippen molar-refractivity contribution < 1.29 is 14.3 Å². The van der Waals surface area contributed by atoms with Crippen LogP contribution in [0.1, 0.15) is 26.3 Å². The molecule has 1 amide bonds. The highest BCUT2D eigenvalue weighted by molar-refractivity contribution is 6.05. The van der Waals surface area contributed by atoms with Gasteiger partial charge in [-0.1, -0.05) is 37.3 Å². The third-order valence-electron chi connectivity index (χ3n) is 5.17. The minimum Gasteiger partial charge on any atom is -0.497 e. The van der Waals surface area contributed by atoms with Gasteiger partial charge >= 0.3 is 0 Å². The molecule has 0 aliphatic carbocycles. The van der Waals surface area contributed by atoms with E-state index in [9.17, 15) is 4.79 Å². The van der Waals surface area contributed by atoms with Crippen LogP contribution >= 0.6 is 0 Å².